The van der Waals surface area contributed by atoms with E-state index in [0.29, 0.717) is 21.9 Å². The Morgan fingerprint density at radius 3 is 2.45 bits per heavy atom. The van der Waals surface area contributed by atoms with Gasteiger partial charge in [0.25, 0.3) is 0 Å². The minimum absolute atomic E-state index is 0.0704. The molecule has 0 aromatic heterocycles. The molecular weight excluding hydrogens is 340 g/mol. The third kappa shape index (κ3) is 4.15. The molecule has 0 N–H and O–H groups in total. The van der Waals surface area contributed by atoms with Crippen molar-refractivity contribution in [1.82, 2.24) is 0 Å². The van der Waals surface area contributed by atoms with Gasteiger partial charge in [0.2, 0.25) is 0 Å². The van der Waals surface area contributed by atoms with Crippen LogP contribution in [0.5, 0.6) is 5.75 Å². The number of hydrogen-bond donors (Lipinski definition) is 0. The molecule has 116 valence electrons. The second-order valence-electron chi connectivity index (χ2n) is 4.43. The summed E-state index contributed by atoms with van der Waals surface area (Å²) in [6.07, 6.45) is -4.24. The molecule has 2 rings (SSSR count). The highest BCUT2D eigenvalue weighted by molar-refractivity contribution is 6.33. The normalized spacial score (nSPS) is 11.3. The van der Waals surface area contributed by atoms with Crippen LogP contribution in [-0.2, 0) is 12.8 Å². The van der Waals surface area contributed by atoms with Crippen molar-refractivity contribution in [3.05, 3.63) is 63.1 Å². The SMILES string of the molecule is O=Cc1cc(OCc2cc(Cl)ccc2Cl)cc(C(F)(F)F)c1. The average Bonchev–Trinajstić information content (AvgIpc) is 2.47. The van der Waals surface area contributed by atoms with E-state index in [1.54, 1.807) is 18.2 Å². The van der Waals surface area contributed by atoms with E-state index < -0.39 is 11.7 Å². The summed E-state index contributed by atoms with van der Waals surface area (Å²) in [5.41, 5.74) is -0.550. The average molecular weight is 349 g/mol. The van der Waals surface area contributed by atoms with E-state index >= 15 is 0 Å². The molecule has 0 saturated heterocycles. The minimum atomic E-state index is -4.56. The van der Waals surface area contributed by atoms with Crippen LogP contribution < -0.4 is 4.74 Å². The molecule has 0 unspecified atom stereocenters. The van der Waals surface area contributed by atoms with Gasteiger partial charge in [0.05, 0.1) is 5.56 Å². The van der Waals surface area contributed by atoms with Crippen LogP contribution in [0, 0.1) is 0 Å². The first-order valence-electron chi connectivity index (χ1n) is 6.04. The Kier molecular flexibility index (Phi) is 4.98. The molecule has 0 radical (unpaired) electrons. The predicted molar refractivity (Wildman–Crippen MR) is 77.6 cm³/mol. The highest BCUT2D eigenvalue weighted by Gasteiger charge is 2.31. The number of halogens is 5. The Balaban J connectivity index is 2.26. The molecule has 0 spiro atoms. The summed E-state index contributed by atoms with van der Waals surface area (Å²) in [6, 6.07) is 7.50. The first kappa shape index (κ1) is 16.6. The molecule has 0 fully saturated rings. The number of ether oxygens (including phenoxy) is 1. The fraction of sp³-hybridized carbons (Fsp3) is 0.133. The number of benzene rings is 2. The molecule has 0 heterocycles. The number of carbonyl (C=O) groups excluding carboxylic acids is 1. The maximum Gasteiger partial charge on any atom is 0.416 e. The summed E-state index contributed by atoms with van der Waals surface area (Å²) in [6.45, 7) is -0.0704. The summed E-state index contributed by atoms with van der Waals surface area (Å²) in [7, 11) is 0. The quantitative estimate of drug-likeness (QED) is 0.691. The fourth-order valence-electron chi connectivity index (χ4n) is 1.75. The topological polar surface area (TPSA) is 26.3 Å². The first-order chi connectivity index (χ1) is 10.3. The van der Waals surface area contributed by atoms with Crippen LogP contribution in [0.1, 0.15) is 21.5 Å². The Morgan fingerprint density at radius 1 is 1.09 bits per heavy atom. The fourth-order valence-corrected chi connectivity index (χ4v) is 2.12. The van der Waals surface area contributed by atoms with Crippen molar-refractivity contribution in [2.45, 2.75) is 12.8 Å². The van der Waals surface area contributed by atoms with E-state index in [4.69, 9.17) is 27.9 Å². The van der Waals surface area contributed by atoms with E-state index in [0.717, 1.165) is 12.1 Å². The van der Waals surface area contributed by atoms with Gasteiger partial charge in [-0.05, 0) is 36.4 Å². The van der Waals surface area contributed by atoms with Crippen molar-refractivity contribution in [1.29, 1.82) is 0 Å². The van der Waals surface area contributed by atoms with E-state index in [1.807, 2.05) is 0 Å². The van der Waals surface area contributed by atoms with Crippen LogP contribution in [-0.4, -0.2) is 6.29 Å². The van der Waals surface area contributed by atoms with Gasteiger partial charge in [-0.1, -0.05) is 23.2 Å². The van der Waals surface area contributed by atoms with Gasteiger partial charge in [0, 0.05) is 21.2 Å². The minimum Gasteiger partial charge on any atom is -0.489 e. The summed E-state index contributed by atoms with van der Waals surface area (Å²) >= 11 is 11.8. The van der Waals surface area contributed by atoms with Gasteiger partial charge in [-0.3, -0.25) is 4.79 Å². The first-order valence-corrected chi connectivity index (χ1v) is 6.79. The molecule has 0 atom stereocenters. The van der Waals surface area contributed by atoms with Crippen LogP contribution in [0.4, 0.5) is 13.2 Å². The summed E-state index contributed by atoms with van der Waals surface area (Å²) in [5, 5.41) is 0.813. The number of aldehydes is 1. The van der Waals surface area contributed by atoms with Gasteiger partial charge in [0.15, 0.2) is 0 Å². The van der Waals surface area contributed by atoms with Crippen molar-refractivity contribution in [2.24, 2.45) is 0 Å². The Labute approximate surface area is 134 Å². The molecule has 0 bridgehead atoms. The zero-order valence-corrected chi connectivity index (χ0v) is 12.5. The molecule has 0 amide bonds. The Bertz CT molecular complexity index is 700. The molecule has 0 aliphatic rings. The monoisotopic (exact) mass is 348 g/mol. The molecule has 0 aliphatic heterocycles. The van der Waals surface area contributed by atoms with Crippen LogP contribution in [0.25, 0.3) is 0 Å². The van der Waals surface area contributed by atoms with Crippen LogP contribution in [0.3, 0.4) is 0 Å². The van der Waals surface area contributed by atoms with Crippen LogP contribution >= 0.6 is 23.2 Å². The van der Waals surface area contributed by atoms with Crippen molar-refractivity contribution in [2.75, 3.05) is 0 Å². The van der Waals surface area contributed by atoms with Gasteiger partial charge < -0.3 is 4.74 Å². The largest absolute Gasteiger partial charge is 0.489 e. The van der Waals surface area contributed by atoms with E-state index in [-0.39, 0.29) is 17.9 Å². The maximum absolute atomic E-state index is 12.8. The predicted octanol–water partition coefficient (Wildman–Crippen LogP) is 5.40. The van der Waals surface area contributed by atoms with Gasteiger partial charge in [-0.2, -0.15) is 13.2 Å². The van der Waals surface area contributed by atoms with Gasteiger partial charge in [-0.15, -0.1) is 0 Å². The number of carbonyl (C=O) groups is 1. The summed E-state index contributed by atoms with van der Waals surface area (Å²) in [4.78, 5) is 10.7. The lowest BCUT2D eigenvalue weighted by Gasteiger charge is -2.12. The summed E-state index contributed by atoms with van der Waals surface area (Å²) in [5.74, 6) is -0.0760. The molecular formula is C15H9Cl2F3O2. The van der Waals surface area contributed by atoms with E-state index in [9.17, 15) is 18.0 Å². The number of hydrogen-bond acceptors (Lipinski definition) is 2. The molecule has 7 heteroatoms. The highest BCUT2D eigenvalue weighted by atomic mass is 35.5. The molecule has 0 saturated carbocycles. The summed E-state index contributed by atoms with van der Waals surface area (Å²) < 4.78 is 43.6. The van der Waals surface area contributed by atoms with Gasteiger partial charge >= 0.3 is 6.18 Å². The van der Waals surface area contributed by atoms with Crippen LogP contribution in [0.15, 0.2) is 36.4 Å². The van der Waals surface area contributed by atoms with Crippen molar-refractivity contribution in [3.8, 4) is 5.75 Å². The van der Waals surface area contributed by atoms with E-state index in [2.05, 4.69) is 0 Å². The third-order valence-corrected chi connectivity index (χ3v) is 3.40. The molecule has 2 nitrogen and oxygen atoms in total. The van der Waals surface area contributed by atoms with E-state index in [1.165, 1.54) is 6.07 Å². The zero-order valence-electron chi connectivity index (χ0n) is 11.0. The lowest BCUT2D eigenvalue weighted by atomic mass is 10.1. The Hall–Kier alpha value is -1.72. The number of alkyl halides is 3. The molecule has 22 heavy (non-hydrogen) atoms. The zero-order chi connectivity index (χ0) is 16.3. The second kappa shape index (κ2) is 6.58. The molecule has 2 aromatic carbocycles. The maximum atomic E-state index is 12.8. The van der Waals surface area contributed by atoms with Crippen molar-refractivity contribution in [3.63, 3.8) is 0 Å². The van der Waals surface area contributed by atoms with Crippen LogP contribution in [0.2, 0.25) is 10.0 Å². The molecule has 0 aliphatic carbocycles. The second-order valence-corrected chi connectivity index (χ2v) is 5.27. The smallest absolute Gasteiger partial charge is 0.416 e. The standard InChI is InChI=1S/C15H9Cl2F3O2/c16-12-1-2-14(17)10(5-12)8-22-13-4-9(7-21)3-11(6-13)15(18,19)20/h1-7H,8H2. The highest BCUT2D eigenvalue weighted by Crippen LogP contribution is 2.33. The van der Waals surface area contributed by atoms with Gasteiger partial charge in [-0.25, -0.2) is 0 Å². The molecule has 2 aromatic rings. The number of rotatable bonds is 4. The lowest BCUT2D eigenvalue weighted by molar-refractivity contribution is -0.137. The van der Waals surface area contributed by atoms with Crippen molar-refractivity contribution < 1.29 is 22.7 Å². The third-order valence-electron chi connectivity index (χ3n) is 2.79. The Morgan fingerprint density at radius 2 is 1.82 bits per heavy atom. The van der Waals surface area contributed by atoms with Gasteiger partial charge in [0.1, 0.15) is 18.6 Å². The lowest BCUT2D eigenvalue weighted by Crippen LogP contribution is -2.07. The van der Waals surface area contributed by atoms with Crippen molar-refractivity contribution >= 4 is 29.5 Å².